The van der Waals surface area contributed by atoms with Crippen molar-refractivity contribution in [2.24, 2.45) is 0 Å². The monoisotopic (exact) mass is 558 g/mol. The molecule has 0 saturated carbocycles. The molecule has 0 atom stereocenters. The number of likely N-dealkylation sites (N-methyl/N-ethyl adjacent to an activating group) is 2. The Labute approximate surface area is 241 Å². The van der Waals surface area contributed by atoms with E-state index in [4.69, 9.17) is 12.2 Å². The SMILES string of the molecule is CC(=O)Nc1ccc2c(c1)S/C(=C\C=C\C=C1C(=O)N(C)C(=S)N(C)C1=O)N2CCCS(=O)(=O)[O-].[Na+]. The second kappa shape index (κ2) is 12.5. The molecule has 0 aromatic heterocycles. The van der Waals surface area contributed by atoms with Crippen LogP contribution in [0.5, 0.6) is 0 Å². The van der Waals surface area contributed by atoms with Crippen molar-refractivity contribution in [2.45, 2.75) is 18.2 Å². The zero-order chi connectivity index (χ0) is 25.9. The number of rotatable bonds is 7. The molecule has 1 saturated heterocycles. The zero-order valence-electron chi connectivity index (χ0n) is 20.2. The van der Waals surface area contributed by atoms with Crippen LogP contribution in [0, 0.1) is 0 Å². The molecule has 186 valence electrons. The summed E-state index contributed by atoms with van der Waals surface area (Å²) in [5.41, 5.74) is 1.39. The number of fused-ring (bicyclic) bond motifs is 1. The molecule has 1 aromatic carbocycles. The van der Waals surface area contributed by atoms with Crippen molar-refractivity contribution in [1.29, 1.82) is 0 Å². The second-order valence-electron chi connectivity index (χ2n) is 7.71. The molecule has 0 unspecified atom stereocenters. The maximum atomic E-state index is 12.4. The molecule has 2 aliphatic rings. The van der Waals surface area contributed by atoms with Crippen molar-refractivity contribution in [3.63, 3.8) is 0 Å². The van der Waals surface area contributed by atoms with Crippen LogP contribution in [0.3, 0.4) is 0 Å². The van der Waals surface area contributed by atoms with Gasteiger partial charge in [-0.05, 0) is 49.0 Å². The van der Waals surface area contributed by atoms with E-state index < -0.39 is 27.7 Å². The van der Waals surface area contributed by atoms with Crippen LogP contribution in [-0.4, -0.2) is 72.0 Å². The number of carbonyl (C=O) groups is 3. The van der Waals surface area contributed by atoms with Crippen LogP contribution in [0.1, 0.15) is 13.3 Å². The first kappa shape index (κ1) is 30.2. The summed E-state index contributed by atoms with van der Waals surface area (Å²) in [7, 11) is -1.35. The first-order chi connectivity index (χ1) is 16.4. The van der Waals surface area contributed by atoms with E-state index in [1.54, 1.807) is 36.4 Å². The van der Waals surface area contributed by atoms with Crippen LogP contribution >= 0.6 is 24.0 Å². The fourth-order valence-electron chi connectivity index (χ4n) is 3.42. The minimum Gasteiger partial charge on any atom is -0.748 e. The summed E-state index contributed by atoms with van der Waals surface area (Å²) in [6.07, 6.45) is 6.50. The molecule has 10 nitrogen and oxygen atoms in total. The fraction of sp³-hybridized carbons (Fsp3) is 0.273. The standard InChI is InChI=1S/C22H24N4O6S3.Na/c1-14(27)23-15-9-10-17-18(13-15)34-19(26(17)11-6-12-35(30,31)32)8-5-4-7-16-20(28)24(2)22(33)25(3)21(16)29;/h4-5,7-10,13H,6,11-12H2,1-3H3,(H,23,27)(H,30,31,32);/q;+1/p-1/b5-4+,19-8-;. The Morgan fingerprint density at radius 2 is 1.75 bits per heavy atom. The van der Waals surface area contributed by atoms with Gasteiger partial charge in [-0.3, -0.25) is 24.2 Å². The first-order valence-corrected chi connectivity index (χ1v) is 13.2. The Morgan fingerprint density at radius 1 is 1.14 bits per heavy atom. The van der Waals surface area contributed by atoms with Gasteiger partial charge in [-0.1, -0.05) is 23.9 Å². The first-order valence-electron chi connectivity index (χ1n) is 10.4. The minimum absolute atomic E-state index is 0. The summed E-state index contributed by atoms with van der Waals surface area (Å²) in [6, 6.07) is 5.35. The Hall–Kier alpha value is -2.00. The van der Waals surface area contributed by atoms with E-state index in [1.165, 1.54) is 48.7 Å². The Kier molecular flexibility index (Phi) is 10.5. The van der Waals surface area contributed by atoms with Gasteiger partial charge in [0.1, 0.15) is 5.57 Å². The van der Waals surface area contributed by atoms with Crippen LogP contribution in [0.25, 0.3) is 0 Å². The van der Waals surface area contributed by atoms with E-state index in [2.05, 4.69) is 5.32 Å². The molecule has 36 heavy (non-hydrogen) atoms. The maximum absolute atomic E-state index is 12.4. The average Bonchev–Trinajstić information content (AvgIpc) is 3.11. The van der Waals surface area contributed by atoms with Gasteiger partial charge in [-0.2, -0.15) is 0 Å². The number of anilines is 2. The Balaban J connectivity index is 0.00000456. The third-order valence-corrected chi connectivity index (χ3v) is 7.53. The molecule has 2 aliphatic heterocycles. The summed E-state index contributed by atoms with van der Waals surface area (Å²) in [6.45, 7) is 1.69. The van der Waals surface area contributed by atoms with Crippen molar-refractivity contribution in [3.05, 3.63) is 53.1 Å². The molecule has 3 rings (SSSR count). The van der Waals surface area contributed by atoms with Gasteiger partial charge >= 0.3 is 29.6 Å². The van der Waals surface area contributed by atoms with Crippen molar-refractivity contribution < 1.29 is 56.9 Å². The molecule has 0 radical (unpaired) electrons. The fourth-order valence-corrected chi connectivity index (χ4v) is 5.21. The van der Waals surface area contributed by atoms with Crippen LogP contribution in [0.2, 0.25) is 0 Å². The zero-order valence-corrected chi connectivity index (χ0v) is 24.6. The van der Waals surface area contributed by atoms with Gasteiger partial charge in [0.25, 0.3) is 11.8 Å². The van der Waals surface area contributed by atoms with E-state index in [9.17, 15) is 27.4 Å². The topological polar surface area (TPSA) is 130 Å². The summed E-state index contributed by atoms with van der Waals surface area (Å²) in [4.78, 5) is 41.4. The van der Waals surface area contributed by atoms with E-state index in [0.717, 1.165) is 15.6 Å². The van der Waals surface area contributed by atoms with Crippen molar-refractivity contribution in [1.82, 2.24) is 9.80 Å². The predicted octanol–water partition coefficient (Wildman–Crippen LogP) is -0.964. The molecule has 1 aromatic rings. The van der Waals surface area contributed by atoms with Crippen LogP contribution < -0.4 is 39.8 Å². The number of carbonyl (C=O) groups excluding carboxylic acids is 3. The van der Waals surface area contributed by atoms with Gasteiger partial charge in [-0.15, -0.1) is 0 Å². The molecule has 1 fully saturated rings. The number of thioether (sulfide) groups is 1. The summed E-state index contributed by atoms with van der Waals surface area (Å²) >= 11 is 6.47. The van der Waals surface area contributed by atoms with E-state index >= 15 is 0 Å². The summed E-state index contributed by atoms with van der Waals surface area (Å²) < 4.78 is 33.1. The Morgan fingerprint density at radius 3 is 2.33 bits per heavy atom. The molecule has 0 bridgehead atoms. The van der Waals surface area contributed by atoms with E-state index in [1.807, 2.05) is 4.90 Å². The molecule has 14 heteroatoms. The number of nitrogens with zero attached hydrogens (tertiary/aromatic N) is 3. The van der Waals surface area contributed by atoms with Gasteiger partial charge in [0.2, 0.25) is 5.91 Å². The third-order valence-electron chi connectivity index (χ3n) is 5.08. The van der Waals surface area contributed by atoms with Gasteiger partial charge in [0.05, 0.1) is 20.8 Å². The third kappa shape index (κ3) is 7.28. The van der Waals surface area contributed by atoms with Crippen LogP contribution in [-0.2, 0) is 24.5 Å². The number of hydrogen-bond donors (Lipinski definition) is 1. The average molecular weight is 559 g/mol. The number of thiocarbonyl (C=S) groups is 1. The largest absolute Gasteiger partial charge is 1.00 e. The molecular weight excluding hydrogens is 535 g/mol. The van der Waals surface area contributed by atoms with Crippen molar-refractivity contribution in [3.8, 4) is 0 Å². The van der Waals surface area contributed by atoms with Crippen LogP contribution in [0.4, 0.5) is 11.4 Å². The van der Waals surface area contributed by atoms with Crippen LogP contribution in [0.15, 0.2) is 58.0 Å². The number of benzene rings is 1. The van der Waals surface area contributed by atoms with Crippen molar-refractivity contribution in [2.75, 3.05) is 36.6 Å². The number of hydrogen-bond acceptors (Lipinski definition) is 9. The number of amides is 3. The van der Waals surface area contributed by atoms with Gasteiger partial charge in [-0.25, -0.2) is 8.42 Å². The van der Waals surface area contributed by atoms with Crippen molar-refractivity contribution >= 4 is 68.3 Å². The number of allylic oxidation sites excluding steroid dienone is 4. The maximum Gasteiger partial charge on any atom is 1.00 e. The van der Waals surface area contributed by atoms with Gasteiger partial charge < -0.3 is 14.8 Å². The molecular formula is C22H23N4NaO6S3. The molecule has 0 spiro atoms. The normalized spacial score (nSPS) is 17.1. The molecule has 3 amide bonds. The number of nitrogens with one attached hydrogen (secondary N) is 1. The second-order valence-corrected chi connectivity index (χ2v) is 10.7. The molecule has 0 aliphatic carbocycles. The van der Waals surface area contributed by atoms with E-state index in [0.29, 0.717) is 5.69 Å². The summed E-state index contributed by atoms with van der Waals surface area (Å²) in [5, 5.41) is 3.59. The molecule has 2 heterocycles. The minimum atomic E-state index is -4.34. The quantitative estimate of drug-likeness (QED) is 0.148. The van der Waals surface area contributed by atoms with Gasteiger partial charge in [0, 0.05) is 43.9 Å². The smallest absolute Gasteiger partial charge is 0.748 e. The summed E-state index contributed by atoms with van der Waals surface area (Å²) in [5.74, 6) is -1.69. The van der Waals surface area contributed by atoms with E-state index in [-0.39, 0.29) is 59.1 Å². The predicted molar refractivity (Wildman–Crippen MR) is 137 cm³/mol. The van der Waals surface area contributed by atoms with Gasteiger partial charge in [0.15, 0.2) is 5.11 Å². The molecule has 1 N–H and O–H groups in total. The Bertz CT molecular complexity index is 1270.